The van der Waals surface area contributed by atoms with Gasteiger partial charge in [0.25, 0.3) is 0 Å². The number of hydrogen-bond donors (Lipinski definition) is 1. The highest BCUT2D eigenvalue weighted by molar-refractivity contribution is 8.00. The molecule has 0 spiro atoms. The Labute approximate surface area is 116 Å². The Balaban J connectivity index is 2.62. The van der Waals surface area contributed by atoms with Crippen molar-refractivity contribution in [2.75, 3.05) is 6.26 Å². The molecule has 1 heterocycles. The molecule has 0 radical (unpaired) electrons. The molecule has 0 aliphatic rings. The van der Waals surface area contributed by atoms with Crippen molar-refractivity contribution in [3.63, 3.8) is 0 Å². The SMILES string of the molecule is CCC(CC)(Cn1cnc(CNC(C)C)c1)SC. The topological polar surface area (TPSA) is 29.9 Å². The number of rotatable bonds is 8. The largest absolute Gasteiger partial charge is 0.336 e. The van der Waals surface area contributed by atoms with Crippen LogP contribution in [0.5, 0.6) is 0 Å². The molecule has 0 bridgehead atoms. The normalized spacial score (nSPS) is 12.3. The van der Waals surface area contributed by atoms with Crippen molar-refractivity contribution in [1.82, 2.24) is 14.9 Å². The molecular weight excluding hydrogens is 242 g/mol. The molecule has 0 saturated heterocycles. The molecule has 3 nitrogen and oxygen atoms in total. The Morgan fingerprint density at radius 3 is 2.56 bits per heavy atom. The summed E-state index contributed by atoms with van der Waals surface area (Å²) in [7, 11) is 0. The van der Waals surface area contributed by atoms with Gasteiger partial charge in [0.2, 0.25) is 0 Å². The van der Waals surface area contributed by atoms with Crippen molar-refractivity contribution in [1.29, 1.82) is 0 Å². The third-order valence-electron chi connectivity index (χ3n) is 3.57. The van der Waals surface area contributed by atoms with Crippen LogP contribution in [0.2, 0.25) is 0 Å². The van der Waals surface area contributed by atoms with E-state index in [2.05, 4.69) is 55.0 Å². The third-order valence-corrected chi connectivity index (χ3v) is 5.14. The average molecular weight is 269 g/mol. The summed E-state index contributed by atoms with van der Waals surface area (Å²) in [6.07, 6.45) is 8.75. The second-order valence-electron chi connectivity index (χ2n) is 5.17. The lowest BCUT2D eigenvalue weighted by molar-refractivity contribution is 0.466. The summed E-state index contributed by atoms with van der Waals surface area (Å²) < 4.78 is 2.59. The summed E-state index contributed by atoms with van der Waals surface area (Å²) >= 11 is 1.98. The molecule has 4 heteroatoms. The quantitative estimate of drug-likeness (QED) is 0.785. The van der Waals surface area contributed by atoms with Crippen LogP contribution in [0.25, 0.3) is 0 Å². The summed E-state index contributed by atoms with van der Waals surface area (Å²) in [4.78, 5) is 4.47. The highest BCUT2D eigenvalue weighted by atomic mass is 32.2. The molecule has 0 fully saturated rings. The van der Waals surface area contributed by atoms with E-state index in [-0.39, 0.29) is 0 Å². The number of aromatic nitrogens is 2. The van der Waals surface area contributed by atoms with Crippen molar-refractivity contribution in [2.24, 2.45) is 0 Å². The highest BCUT2D eigenvalue weighted by Crippen LogP contribution is 2.32. The van der Waals surface area contributed by atoms with Gasteiger partial charge < -0.3 is 9.88 Å². The van der Waals surface area contributed by atoms with Gasteiger partial charge in [-0.2, -0.15) is 11.8 Å². The number of nitrogens with zero attached hydrogens (tertiary/aromatic N) is 2. The molecule has 0 aliphatic carbocycles. The van der Waals surface area contributed by atoms with Crippen molar-refractivity contribution in [3.05, 3.63) is 18.2 Å². The van der Waals surface area contributed by atoms with Crippen LogP contribution >= 0.6 is 11.8 Å². The molecular formula is C14H27N3S. The van der Waals surface area contributed by atoms with Gasteiger partial charge in [-0.3, -0.25) is 0 Å². The number of thioether (sulfide) groups is 1. The summed E-state index contributed by atoms with van der Waals surface area (Å²) in [6, 6.07) is 0.506. The predicted molar refractivity (Wildman–Crippen MR) is 81.0 cm³/mol. The number of imidazole rings is 1. The van der Waals surface area contributed by atoms with Gasteiger partial charge in [-0.15, -0.1) is 0 Å². The molecule has 0 atom stereocenters. The minimum Gasteiger partial charge on any atom is -0.336 e. The number of nitrogens with one attached hydrogen (secondary N) is 1. The molecule has 1 rings (SSSR count). The lowest BCUT2D eigenvalue weighted by Gasteiger charge is -2.29. The highest BCUT2D eigenvalue weighted by Gasteiger charge is 2.25. The lowest BCUT2D eigenvalue weighted by Crippen LogP contribution is -2.28. The van der Waals surface area contributed by atoms with Crippen LogP contribution in [-0.4, -0.2) is 26.6 Å². The summed E-state index contributed by atoms with van der Waals surface area (Å²) in [5.74, 6) is 0. The smallest absolute Gasteiger partial charge is 0.0950 e. The van der Waals surface area contributed by atoms with Crippen LogP contribution in [0.3, 0.4) is 0 Å². The summed E-state index contributed by atoms with van der Waals surface area (Å²) in [6.45, 7) is 10.8. The van der Waals surface area contributed by atoms with Crippen LogP contribution < -0.4 is 5.32 Å². The van der Waals surface area contributed by atoms with Gasteiger partial charge in [-0.1, -0.05) is 27.7 Å². The maximum Gasteiger partial charge on any atom is 0.0950 e. The Morgan fingerprint density at radius 2 is 2.06 bits per heavy atom. The molecule has 0 unspecified atom stereocenters. The minimum absolute atomic E-state index is 0.351. The summed E-state index contributed by atoms with van der Waals surface area (Å²) in [5.41, 5.74) is 1.13. The van der Waals surface area contributed by atoms with E-state index < -0.39 is 0 Å². The Bertz CT molecular complexity index is 334. The molecule has 1 aromatic rings. The van der Waals surface area contributed by atoms with Gasteiger partial charge in [0.05, 0.1) is 12.0 Å². The van der Waals surface area contributed by atoms with Crippen molar-refractivity contribution in [3.8, 4) is 0 Å². The second-order valence-corrected chi connectivity index (χ2v) is 6.44. The van der Waals surface area contributed by atoms with Crippen molar-refractivity contribution in [2.45, 2.75) is 64.4 Å². The van der Waals surface area contributed by atoms with Gasteiger partial charge in [-0.25, -0.2) is 4.98 Å². The molecule has 18 heavy (non-hydrogen) atoms. The van der Waals surface area contributed by atoms with E-state index in [1.54, 1.807) is 0 Å². The second kappa shape index (κ2) is 7.19. The van der Waals surface area contributed by atoms with E-state index >= 15 is 0 Å². The molecule has 0 aliphatic heterocycles. The molecule has 1 aromatic heterocycles. The Hall–Kier alpha value is -0.480. The third kappa shape index (κ3) is 4.32. The molecule has 104 valence electrons. The van der Waals surface area contributed by atoms with Crippen LogP contribution in [0.1, 0.15) is 46.2 Å². The van der Waals surface area contributed by atoms with Gasteiger partial charge in [0, 0.05) is 30.1 Å². The zero-order valence-corrected chi connectivity index (χ0v) is 13.2. The standard InChI is InChI=1S/C14H27N3S/c1-6-14(7-2,18-5)10-17-9-13(16-11-17)8-15-12(3)4/h9,11-12,15H,6-8,10H2,1-5H3. The van der Waals surface area contributed by atoms with E-state index in [9.17, 15) is 0 Å². The van der Waals surface area contributed by atoms with Crippen molar-refractivity contribution < 1.29 is 0 Å². The first-order chi connectivity index (χ1) is 8.55. The maximum absolute atomic E-state index is 4.47. The van der Waals surface area contributed by atoms with E-state index in [1.807, 2.05) is 18.1 Å². The van der Waals surface area contributed by atoms with E-state index in [0.29, 0.717) is 10.8 Å². The van der Waals surface area contributed by atoms with Crippen LogP contribution in [0.15, 0.2) is 12.5 Å². The minimum atomic E-state index is 0.351. The van der Waals surface area contributed by atoms with Gasteiger partial charge >= 0.3 is 0 Å². The van der Waals surface area contributed by atoms with Gasteiger partial charge in [-0.05, 0) is 19.1 Å². The van der Waals surface area contributed by atoms with Crippen molar-refractivity contribution >= 4 is 11.8 Å². The lowest BCUT2D eigenvalue weighted by atomic mass is 10.0. The molecule has 1 N–H and O–H groups in total. The molecule has 0 aromatic carbocycles. The zero-order chi connectivity index (χ0) is 13.6. The number of hydrogen-bond acceptors (Lipinski definition) is 3. The van der Waals surface area contributed by atoms with Gasteiger partial charge in [0.15, 0.2) is 0 Å². The fourth-order valence-electron chi connectivity index (χ4n) is 2.05. The van der Waals surface area contributed by atoms with Crippen LogP contribution in [-0.2, 0) is 13.1 Å². The van der Waals surface area contributed by atoms with Crippen LogP contribution in [0, 0.1) is 0 Å². The monoisotopic (exact) mass is 269 g/mol. The average Bonchev–Trinajstić information content (AvgIpc) is 2.81. The van der Waals surface area contributed by atoms with Crippen LogP contribution in [0.4, 0.5) is 0 Å². The first kappa shape index (κ1) is 15.6. The van der Waals surface area contributed by atoms with E-state index in [1.165, 1.54) is 12.8 Å². The molecule has 0 amide bonds. The van der Waals surface area contributed by atoms with E-state index in [0.717, 1.165) is 18.8 Å². The summed E-state index contributed by atoms with van der Waals surface area (Å²) in [5, 5.41) is 3.40. The first-order valence-electron chi connectivity index (χ1n) is 6.84. The van der Waals surface area contributed by atoms with E-state index in [4.69, 9.17) is 0 Å². The van der Waals surface area contributed by atoms with Gasteiger partial charge in [0.1, 0.15) is 0 Å². The fourth-order valence-corrected chi connectivity index (χ4v) is 2.91. The first-order valence-corrected chi connectivity index (χ1v) is 8.07. The fraction of sp³-hybridized carbons (Fsp3) is 0.786. The molecule has 0 saturated carbocycles. The maximum atomic E-state index is 4.47. The Morgan fingerprint density at radius 1 is 1.39 bits per heavy atom. The predicted octanol–water partition coefficient (Wildman–Crippen LogP) is 3.30. The zero-order valence-electron chi connectivity index (χ0n) is 12.4. The Kier molecular flexibility index (Phi) is 6.22.